The number of aryl methyl sites for hydroxylation is 2. The fourth-order valence-electron chi connectivity index (χ4n) is 3.35. The third-order valence-corrected chi connectivity index (χ3v) is 4.79. The molecule has 0 fully saturated rings. The molecule has 0 radical (unpaired) electrons. The lowest BCUT2D eigenvalue weighted by molar-refractivity contribution is 0.414. The quantitative estimate of drug-likeness (QED) is 0.533. The van der Waals surface area contributed by atoms with Crippen LogP contribution in [0.5, 0.6) is 5.75 Å². The number of aromatic nitrogens is 5. The van der Waals surface area contributed by atoms with Crippen LogP contribution in [-0.4, -0.2) is 39.1 Å². The van der Waals surface area contributed by atoms with Gasteiger partial charge in [0.1, 0.15) is 11.3 Å². The van der Waals surface area contributed by atoms with Crippen molar-refractivity contribution in [2.45, 2.75) is 20.4 Å². The first kappa shape index (κ1) is 17.9. The molecule has 0 aliphatic heterocycles. The molecular formula is C21H22N6O. The second-order valence-corrected chi connectivity index (χ2v) is 6.70. The van der Waals surface area contributed by atoms with Crippen molar-refractivity contribution in [2.24, 2.45) is 0 Å². The first-order valence-electron chi connectivity index (χ1n) is 9.06. The number of fused-ring (bicyclic) bond motifs is 1. The van der Waals surface area contributed by atoms with Gasteiger partial charge in [0.25, 0.3) is 0 Å². The van der Waals surface area contributed by atoms with E-state index in [1.165, 1.54) is 0 Å². The first-order chi connectivity index (χ1) is 13.6. The van der Waals surface area contributed by atoms with Gasteiger partial charge in [-0.25, -0.2) is 4.68 Å². The van der Waals surface area contributed by atoms with E-state index in [0.29, 0.717) is 6.54 Å². The summed E-state index contributed by atoms with van der Waals surface area (Å²) in [4.78, 5) is 6.43. The smallest absolute Gasteiger partial charge is 0.179 e. The zero-order valence-electron chi connectivity index (χ0n) is 16.4. The maximum Gasteiger partial charge on any atom is 0.179 e. The minimum absolute atomic E-state index is 0.627. The monoisotopic (exact) mass is 374 g/mol. The van der Waals surface area contributed by atoms with E-state index in [9.17, 15) is 0 Å². The summed E-state index contributed by atoms with van der Waals surface area (Å²) < 4.78 is 7.19. The molecular weight excluding hydrogens is 352 g/mol. The summed E-state index contributed by atoms with van der Waals surface area (Å²) >= 11 is 0. The van der Waals surface area contributed by atoms with Crippen LogP contribution in [0.2, 0.25) is 0 Å². The Hall–Kier alpha value is -3.48. The fraction of sp³-hybridized carbons (Fsp3) is 0.238. The standard InChI is InChI=1S/C21H22N6O/c1-14-19-15(2)27(17-8-10-18(28-4)11-9-17)25-20(19)21(24-23-14)26(3)13-16-7-5-6-12-22-16/h5-12H,13H2,1-4H3. The van der Waals surface area contributed by atoms with Crippen LogP contribution >= 0.6 is 0 Å². The molecule has 0 aliphatic carbocycles. The first-order valence-corrected chi connectivity index (χ1v) is 9.06. The van der Waals surface area contributed by atoms with E-state index in [1.807, 2.05) is 66.0 Å². The molecule has 0 spiro atoms. The number of rotatable bonds is 5. The second kappa shape index (κ2) is 7.26. The van der Waals surface area contributed by atoms with E-state index >= 15 is 0 Å². The highest BCUT2D eigenvalue weighted by Gasteiger charge is 2.19. The van der Waals surface area contributed by atoms with Crippen molar-refractivity contribution >= 4 is 16.7 Å². The average molecular weight is 374 g/mol. The van der Waals surface area contributed by atoms with Gasteiger partial charge in [-0.05, 0) is 50.2 Å². The number of anilines is 1. The molecule has 7 nitrogen and oxygen atoms in total. The Morgan fingerprint density at radius 3 is 2.50 bits per heavy atom. The van der Waals surface area contributed by atoms with Crippen molar-refractivity contribution in [1.82, 2.24) is 25.0 Å². The molecule has 0 bridgehead atoms. The summed E-state index contributed by atoms with van der Waals surface area (Å²) in [5.74, 6) is 1.55. The van der Waals surface area contributed by atoms with Crippen LogP contribution in [0, 0.1) is 13.8 Å². The average Bonchev–Trinajstić information content (AvgIpc) is 3.07. The van der Waals surface area contributed by atoms with Crippen LogP contribution in [0.25, 0.3) is 16.6 Å². The van der Waals surface area contributed by atoms with Gasteiger partial charge in [-0.15, -0.1) is 5.10 Å². The van der Waals surface area contributed by atoms with Crippen molar-refractivity contribution in [3.63, 3.8) is 0 Å². The van der Waals surface area contributed by atoms with Crippen LogP contribution in [0.15, 0.2) is 48.7 Å². The molecule has 0 atom stereocenters. The normalized spacial score (nSPS) is 11.0. The Kier molecular flexibility index (Phi) is 4.65. The Bertz CT molecular complexity index is 1110. The summed E-state index contributed by atoms with van der Waals surface area (Å²) in [6.45, 7) is 4.64. The maximum atomic E-state index is 5.26. The van der Waals surface area contributed by atoms with Gasteiger partial charge in [-0.3, -0.25) is 4.98 Å². The third-order valence-electron chi connectivity index (χ3n) is 4.79. The summed E-state index contributed by atoms with van der Waals surface area (Å²) in [7, 11) is 3.64. The highest BCUT2D eigenvalue weighted by molar-refractivity contribution is 5.92. The van der Waals surface area contributed by atoms with Crippen molar-refractivity contribution in [2.75, 3.05) is 19.1 Å². The predicted octanol–water partition coefficient (Wildman–Crippen LogP) is 3.47. The number of pyridine rings is 1. The fourth-order valence-corrected chi connectivity index (χ4v) is 3.35. The van der Waals surface area contributed by atoms with Gasteiger partial charge in [0.15, 0.2) is 5.82 Å². The molecule has 0 aliphatic rings. The Labute approximate surface area is 163 Å². The highest BCUT2D eigenvalue weighted by atomic mass is 16.5. The molecule has 1 aromatic carbocycles. The van der Waals surface area contributed by atoms with Crippen LogP contribution in [-0.2, 0) is 6.54 Å². The Morgan fingerprint density at radius 1 is 1.04 bits per heavy atom. The summed E-state index contributed by atoms with van der Waals surface area (Å²) in [5, 5.41) is 14.7. The van der Waals surface area contributed by atoms with E-state index in [0.717, 1.165) is 45.2 Å². The molecule has 0 unspecified atom stereocenters. The minimum Gasteiger partial charge on any atom is -0.497 e. The van der Waals surface area contributed by atoms with Gasteiger partial charge in [0.2, 0.25) is 0 Å². The summed E-state index contributed by atoms with van der Waals surface area (Å²) in [6, 6.07) is 13.7. The van der Waals surface area contributed by atoms with Gasteiger partial charge in [-0.1, -0.05) is 6.07 Å². The van der Waals surface area contributed by atoms with Crippen LogP contribution < -0.4 is 9.64 Å². The lowest BCUT2D eigenvalue weighted by Gasteiger charge is -2.17. The number of hydrogen-bond acceptors (Lipinski definition) is 6. The Morgan fingerprint density at radius 2 is 1.82 bits per heavy atom. The van der Waals surface area contributed by atoms with Gasteiger partial charge in [-0.2, -0.15) is 10.2 Å². The molecule has 0 N–H and O–H groups in total. The predicted molar refractivity (Wildman–Crippen MR) is 109 cm³/mol. The summed E-state index contributed by atoms with van der Waals surface area (Å²) in [5.41, 5.74) is 4.65. The second-order valence-electron chi connectivity index (χ2n) is 6.70. The van der Waals surface area contributed by atoms with E-state index in [-0.39, 0.29) is 0 Å². The molecule has 4 rings (SSSR count). The molecule has 3 aromatic heterocycles. The lowest BCUT2D eigenvalue weighted by Crippen LogP contribution is -2.19. The van der Waals surface area contributed by atoms with Crippen LogP contribution in [0.4, 0.5) is 5.82 Å². The van der Waals surface area contributed by atoms with E-state index in [1.54, 1.807) is 13.3 Å². The molecule has 7 heteroatoms. The van der Waals surface area contributed by atoms with E-state index in [2.05, 4.69) is 22.1 Å². The number of nitrogens with zero attached hydrogens (tertiary/aromatic N) is 6. The van der Waals surface area contributed by atoms with Gasteiger partial charge >= 0.3 is 0 Å². The van der Waals surface area contributed by atoms with Gasteiger partial charge < -0.3 is 9.64 Å². The van der Waals surface area contributed by atoms with Crippen molar-refractivity contribution < 1.29 is 4.74 Å². The van der Waals surface area contributed by atoms with Gasteiger partial charge in [0.05, 0.1) is 41.8 Å². The lowest BCUT2D eigenvalue weighted by atomic mass is 10.2. The topological polar surface area (TPSA) is 69.0 Å². The highest BCUT2D eigenvalue weighted by Crippen LogP contribution is 2.29. The largest absolute Gasteiger partial charge is 0.497 e. The van der Waals surface area contributed by atoms with Crippen molar-refractivity contribution in [3.05, 3.63) is 65.7 Å². The number of hydrogen-bond donors (Lipinski definition) is 0. The molecule has 3 heterocycles. The zero-order chi connectivity index (χ0) is 19.7. The van der Waals surface area contributed by atoms with Crippen LogP contribution in [0.3, 0.4) is 0 Å². The molecule has 0 saturated heterocycles. The Balaban J connectivity index is 1.79. The van der Waals surface area contributed by atoms with Crippen molar-refractivity contribution in [1.29, 1.82) is 0 Å². The number of ether oxygens (including phenoxy) is 1. The summed E-state index contributed by atoms with van der Waals surface area (Å²) in [6.07, 6.45) is 1.79. The molecule has 142 valence electrons. The minimum atomic E-state index is 0.627. The molecule has 28 heavy (non-hydrogen) atoms. The number of methoxy groups -OCH3 is 1. The van der Waals surface area contributed by atoms with Crippen molar-refractivity contribution in [3.8, 4) is 11.4 Å². The molecule has 0 saturated carbocycles. The SMILES string of the molecule is COc1ccc(-n2nc3c(N(C)Cc4ccccn4)nnc(C)c3c2C)cc1. The number of benzene rings is 1. The third kappa shape index (κ3) is 3.15. The molecule has 4 aromatic rings. The maximum absolute atomic E-state index is 5.26. The van der Waals surface area contributed by atoms with Gasteiger partial charge in [0, 0.05) is 13.2 Å². The zero-order valence-corrected chi connectivity index (χ0v) is 16.4. The van der Waals surface area contributed by atoms with E-state index < -0.39 is 0 Å². The van der Waals surface area contributed by atoms with E-state index in [4.69, 9.17) is 9.84 Å². The van der Waals surface area contributed by atoms with Crippen LogP contribution in [0.1, 0.15) is 17.1 Å². The molecule has 0 amide bonds.